The van der Waals surface area contributed by atoms with Crippen LogP contribution in [0.15, 0.2) is 24.3 Å². The molecule has 0 aliphatic carbocycles. The Morgan fingerprint density at radius 2 is 2.00 bits per heavy atom. The van der Waals surface area contributed by atoms with Crippen LogP contribution in [0.25, 0.3) is 0 Å². The molecule has 0 heterocycles. The fourth-order valence-corrected chi connectivity index (χ4v) is 0.729. The molecule has 0 bridgehead atoms. The summed E-state index contributed by atoms with van der Waals surface area (Å²) in [7, 11) is 0. The van der Waals surface area contributed by atoms with Gasteiger partial charge < -0.3 is 4.74 Å². The predicted molar refractivity (Wildman–Crippen MR) is 49.8 cm³/mol. The van der Waals surface area contributed by atoms with E-state index >= 15 is 0 Å². The van der Waals surface area contributed by atoms with Crippen LogP contribution in [0.3, 0.4) is 0 Å². The van der Waals surface area contributed by atoms with Crippen LogP contribution in [-0.2, 0) is 9.53 Å². The highest BCUT2D eigenvalue weighted by Gasteiger charge is 1.90. The van der Waals surface area contributed by atoms with Crippen molar-refractivity contribution in [2.45, 2.75) is 26.7 Å². The van der Waals surface area contributed by atoms with Gasteiger partial charge in [0.1, 0.15) is 0 Å². The first kappa shape index (κ1) is 11.0. The van der Waals surface area contributed by atoms with Crippen molar-refractivity contribution in [2.75, 3.05) is 6.61 Å². The molecule has 68 valence electrons. The summed E-state index contributed by atoms with van der Waals surface area (Å²) in [6, 6.07) is 0. The summed E-state index contributed by atoms with van der Waals surface area (Å²) in [4.78, 5) is 10.7. The molecule has 0 atom stereocenters. The molecule has 0 aliphatic heterocycles. The van der Waals surface area contributed by atoms with Crippen LogP contribution in [0.5, 0.6) is 0 Å². The molecule has 0 aromatic carbocycles. The average molecular weight is 168 g/mol. The quantitative estimate of drug-likeness (QED) is 0.273. The van der Waals surface area contributed by atoms with Crippen molar-refractivity contribution < 1.29 is 9.53 Å². The lowest BCUT2D eigenvalue weighted by Crippen LogP contribution is -1.98. The Labute approximate surface area is 73.9 Å². The van der Waals surface area contributed by atoms with E-state index in [-0.39, 0.29) is 5.97 Å². The van der Waals surface area contributed by atoms with Crippen molar-refractivity contribution in [3.8, 4) is 0 Å². The van der Waals surface area contributed by atoms with E-state index in [0.29, 0.717) is 6.61 Å². The summed E-state index contributed by atoms with van der Waals surface area (Å²) in [5.41, 5.74) is 0. The summed E-state index contributed by atoms with van der Waals surface area (Å²) in [6.07, 6.45) is 9.24. The van der Waals surface area contributed by atoms with E-state index in [1.54, 1.807) is 6.92 Å². The SMILES string of the molecule is CC=CCCC=CC(=O)OCC. The number of carbonyl (C=O) groups excluding carboxylic acids is 1. The average Bonchev–Trinajstić information content (AvgIpc) is 2.05. The molecule has 0 radical (unpaired) electrons. The van der Waals surface area contributed by atoms with Gasteiger partial charge in [0, 0.05) is 6.08 Å². The number of hydrogen-bond acceptors (Lipinski definition) is 2. The monoisotopic (exact) mass is 168 g/mol. The summed E-state index contributed by atoms with van der Waals surface area (Å²) in [5, 5.41) is 0. The normalized spacial score (nSPS) is 11.2. The minimum atomic E-state index is -0.252. The highest BCUT2D eigenvalue weighted by Crippen LogP contribution is 1.93. The number of allylic oxidation sites excluding steroid dienone is 3. The van der Waals surface area contributed by atoms with Crippen molar-refractivity contribution in [1.29, 1.82) is 0 Å². The van der Waals surface area contributed by atoms with Crippen LogP contribution in [0.1, 0.15) is 26.7 Å². The molecule has 0 rings (SSSR count). The molecule has 0 fully saturated rings. The maximum atomic E-state index is 10.7. The summed E-state index contributed by atoms with van der Waals surface area (Å²) >= 11 is 0. The van der Waals surface area contributed by atoms with Crippen LogP contribution in [0.4, 0.5) is 0 Å². The molecule has 0 unspecified atom stereocenters. The topological polar surface area (TPSA) is 26.3 Å². The molecule has 0 amide bonds. The van der Waals surface area contributed by atoms with Crippen molar-refractivity contribution in [3.05, 3.63) is 24.3 Å². The minimum absolute atomic E-state index is 0.252. The Balaban J connectivity index is 3.41. The fraction of sp³-hybridized carbons (Fsp3) is 0.500. The maximum absolute atomic E-state index is 10.7. The second-order valence-electron chi connectivity index (χ2n) is 2.30. The zero-order valence-electron chi connectivity index (χ0n) is 7.75. The van der Waals surface area contributed by atoms with Crippen LogP contribution in [-0.4, -0.2) is 12.6 Å². The largest absolute Gasteiger partial charge is 0.463 e. The maximum Gasteiger partial charge on any atom is 0.330 e. The van der Waals surface area contributed by atoms with Gasteiger partial charge in [0.15, 0.2) is 0 Å². The molecule has 0 aromatic rings. The number of ether oxygens (including phenoxy) is 1. The molecule has 0 N–H and O–H groups in total. The molecular weight excluding hydrogens is 152 g/mol. The number of carbonyl (C=O) groups is 1. The first-order chi connectivity index (χ1) is 5.81. The molecular formula is C10H16O2. The van der Waals surface area contributed by atoms with Gasteiger partial charge in [-0.3, -0.25) is 0 Å². The van der Waals surface area contributed by atoms with E-state index in [1.165, 1.54) is 6.08 Å². The summed E-state index contributed by atoms with van der Waals surface area (Å²) in [6.45, 7) is 4.22. The Kier molecular flexibility index (Phi) is 7.35. The van der Waals surface area contributed by atoms with Gasteiger partial charge in [-0.15, -0.1) is 0 Å². The van der Waals surface area contributed by atoms with E-state index < -0.39 is 0 Å². The van der Waals surface area contributed by atoms with Gasteiger partial charge in [0.25, 0.3) is 0 Å². The minimum Gasteiger partial charge on any atom is -0.463 e. The van der Waals surface area contributed by atoms with Crippen molar-refractivity contribution in [1.82, 2.24) is 0 Å². The molecule has 0 aromatic heterocycles. The number of rotatable bonds is 5. The van der Waals surface area contributed by atoms with E-state index in [2.05, 4.69) is 6.08 Å². The van der Waals surface area contributed by atoms with Crippen LogP contribution in [0, 0.1) is 0 Å². The number of unbranched alkanes of at least 4 members (excludes halogenated alkanes) is 1. The van der Waals surface area contributed by atoms with Gasteiger partial charge in [0.05, 0.1) is 6.61 Å². The lowest BCUT2D eigenvalue weighted by atomic mass is 10.3. The molecule has 12 heavy (non-hydrogen) atoms. The van der Waals surface area contributed by atoms with E-state index in [4.69, 9.17) is 4.74 Å². The molecule has 0 saturated carbocycles. The zero-order valence-corrected chi connectivity index (χ0v) is 7.75. The lowest BCUT2D eigenvalue weighted by molar-refractivity contribution is -0.137. The van der Waals surface area contributed by atoms with E-state index in [0.717, 1.165) is 12.8 Å². The van der Waals surface area contributed by atoms with Crippen molar-refractivity contribution in [2.24, 2.45) is 0 Å². The second-order valence-corrected chi connectivity index (χ2v) is 2.30. The third kappa shape index (κ3) is 7.06. The fourth-order valence-electron chi connectivity index (χ4n) is 0.729. The molecule has 2 heteroatoms. The van der Waals surface area contributed by atoms with Crippen LogP contribution in [0.2, 0.25) is 0 Å². The summed E-state index contributed by atoms with van der Waals surface area (Å²) < 4.78 is 4.70. The van der Waals surface area contributed by atoms with E-state index in [9.17, 15) is 4.79 Å². The standard InChI is InChI=1S/C10H16O2/c1-3-5-6-7-8-9-10(11)12-4-2/h3,5,8-9H,4,6-7H2,1-2H3. The molecule has 2 nitrogen and oxygen atoms in total. The van der Waals surface area contributed by atoms with E-state index in [1.807, 2.05) is 19.1 Å². The molecule has 0 saturated heterocycles. The first-order valence-electron chi connectivity index (χ1n) is 4.25. The molecule has 0 spiro atoms. The van der Waals surface area contributed by atoms with Gasteiger partial charge in [-0.05, 0) is 26.7 Å². The Hall–Kier alpha value is -1.05. The van der Waals surface area contributed by atoms with Gasteiger partial charge in [-0.2, -0.15) is 0 Å². The van der Waals surface area contributed by atoms with Gasteiger partial charge in [-0.1, -0.05) is 18.2 Å². The third-order valence-electron chi connectivity index (χ3n) is 1.28. The Morgan fingerprint density at radius 1 is 1.33 bits per heavy atom. The van der Waals surface area contributed by atoms with Gasteiger partial charge in [0.2, 0.25) is 0 Å². The number of hydrogen-bond donors (Lipinski definition) is 0. The smallest absolute Gasteiger partial charge is 0.330 e. The molecule has 0 aliphatic rings. The lowest BCUT2D eigenvalue weighted by Gasteiger charge is -1.93. The third-order valence-corrected chi connectivity index (χ3v) is 1.28. The van der Waals surface area contributed by atoms with Gasteiger partial charge >= 0.3 is 5.97 Å². The van der Waals surface area contributed by atoms with Crippen LogP contribution < -0.4 is 0 Å². The van der Waals surface area contributed by atoms with Crippen LogP contribution >= 0.6 is 0 Å². The first-order valence-corrected chi connectivity index (χ1v) is 4.25. The second kappa shape index (κ2) is 8.05. The zero-order chi connectivity index (χ0) is 9.23. The van der Waals surface area contributed by atoms with Crippen molar-refractivity contribution >= 4 is 5.97 Å². The van der Waals surface area contributed by atoms with Gasteiger partial charge in [-0.25, -0.2) is 4.79 Å². The van der Waals surface area contributed by atoms with Crippen molar-refractivity contribution in [3.63, 3.8) is 0 Å². The highest BCUT2D eigenvalue weighted by atomic mass is 16.5. The number of esters is 1. The summed E-state index contributed by atoms with van der Waals surface area (Å²) in [5.74, 6) is -0.252. The Bertz CT molecular complexity index is 169. The predicted octanol–water partition coefficient (Wildman–Crippen LogP) is 2.46. The Morgan fingerprint density at radius 3 is 2.58 bits per heavy atom. The highest BCUT2D eigenvalue weighted by molar-refractivity contribution is 5.81.